The molecular formula is C14H17O6Ti-. The van der Waals surface area contributed by atoms with E-state index in [-0.39, 0.29) is 21.7 Å². The molecule has 3 N–H and O–H groups in total. The minimum atomic E-state index is -0.981. The molecule has 0 radical (unpaired) electrons. The summed E-state index contributed by atoms with van der Waals surface area (Å²) < 4.78 is 0. The Morgan fingerprint density at radius 2 is 1.19 bits per heavy atom. The van der Waals surface area contributed by atoms with Gasteiger partial charge in [0.25, 0.3) is 0 Å². The molecule has 0 saturated heterocycles. The zero-order valence-electron chi connectivity index (χ0n) is 11.4. The van der Waals surface area contributed by atoms with Crippen molar-refractivity contribution in [1.82, 2.24) is 0 Å². The van der Waals surface area contributed by atoms with E-state index in [1.54, 1.807) is 0 Å². The molecule has 114 valence electrons. The van der Waals surface area contributed by atoms with Crippen molar-refractivity contribution < 1.29 is 51.4 Å². The number of carbonyl (C=O) groups is 3. The summed E-state index contributed by atoms with van der Waals surface area (Å²) in [7, 11) is 0. The fraction of sp³-hybridized carbons (Fsp3) is 0.0714. The van der Waals surface area contributed by atoms with E-state index in [4.69, 9.17) is 15.3 Å². The van der Waals surface area contributed by atoms with Crippen LogP contribution in [0.4, 0.5) is 0 Å². The van der Waals surface area contributed by atoms with E-state index in [1.165, 1.54) is 0 Å². The van der Waals surface area contributed by atoms with Crippen LogP contribution in [0.25, 0.3) is 0 Å². The van der Waals surface area contributed by atoms with Crippen molar-refractivity contribution in [1.29, 1.82) is 0 Å². The summed E-state index contributed by atoms with van der Waals surface area (Å²) in [6.07, 6.45) is 12.5. The zero-order chi connectivity index (χ0) is 16.4. The van der Waals surface area contributed by atoms with Crippen LogP contribution in [0.15, 0.2) is 56.2 Å². The normalized spacial score (nSPS) is 8.76. The maximum absolute atomic E-state index is 9.25. The summed E-state index contributed by atoms with van der Waals surface area (Å²) in [5.74, 6) is -2.94. The third-order valence-corrected chi connectivity index (χ3v) is 1.11. The van der Waals surface area contributed by atoms with Gasteiger partial charge >= 0.3 is 17.9 Å². The van der Waals surface area contributed by atoms with Gasteiger partial charge in [0, 0.05) is 39.9 Å². The van der Waals surface area contributed by atoms with Crippen molar-refractivity contribution in [3.63, 3.8) is 0 Å². The van der Waals surface area contributed by atoms with E-state index in [9.17, 15) is 14.4 Å². The summed E-state index contributed by atoms with van der Waals surface area (Å²) in [6, 6.07) is 0. The maximum Gasteiger partial charge on any atom is 0.327 e. The summed E-state index contributed by atoms with van der Waals surface area (Å²) in [5.41, 5.74) is 0. The molecule has 0 heterocycles. The number of carboxylic acid groups (broad SMARTS) is 3. The first-order valence-electron chi connectivity index (χ1n) is 5.09. The second-order valence-electron chi connectivity index (χ2n) is 2.63. The molecular weight excluding hydrogens is 312 g/mol. The molecule has 1 rings (SSSR count). The smallest absolute Gasteiger partial charge is 0.327 e. The average Bonchev–Trinajstić information content (AvgIpc) is 2.99. The molecule has 7 heteroatoms. The van der Waals surface area contributed by atoms with Gasteiger partial charge in [-0.1, -0.05) is 19.7 Å². The molecule has 0 spiro atoms. The van der Waals surface area contributed by atoms with E-state index in [1.807, 2.05) is 12.2 Å². The SMILES string of the molecule is C=CC(=O)O.C=CC(=O)O.C=CC(=O)O.[C-]1=CC=CC1.[Ti]. The Labute approximate surface area is 138 Å². The van der Waals surface area contributed by atoms with Crippen molar-refractivity contribution in [2.45, 2.75) is 6.42 Å². The van der Waals surface area contributed by atoms with Gasteiger partial charge in [-0.15, -0.1) is 6.42 Å². The Balaban J connectivity index is -0.0000000903. The maximum atomic E-state index is 9.25. The van der Waals surface area contributed by atoms with Crippen LogP contribution in [0.5, 0.6) is 0 Å². The van der Waals surface area contributed by atoms with Crippen molar-refractivity contribution in [2.75, 3.05) is 0 Å². The van der Waals surface area contributed by atoms with E-state index in [0.29, 0.717) is 0 Å². The van der Waals surface area contributed by atoms with Crippen LogP contribution in [0, 0.1) is 6.08 Å². The van der Waals surface area contributed by atoms with Crippen LogP contribution < -0.4 is 0 Å². The summed E-state index contributed by atoms with van der Waals surface area (Å²) in [6.45, 7) is 8.88. The molecule has 0 aliphatic heterocycles. The van der Waals surface area contributed by atoms with Crippen molar-refractivity contribution in [3.8, 4) is 0 Å². The van der Waals surface area contributed by atoms with Gasteiger partial charge in [-0.3, -0.25) is 6.08 Å². The second-order valence-corrected chi connectivity index (χ2v) is 2.63. The topological polar surface area (TPSA) is 112 Å². The Hall–Kier alpha value is -2.18. The Morgan fingerprint density at radius 3 is 1.24 bits per heavy atom. The van der Waals surface area contributed by atoms with Crippen LogP contribution in [0.1, 0.15) is 6.42 Å². The monoisotopic (exact) mass is 329 g/mol. The van der Waals surface area contributed by atoms with Gasteiger partial charge < -0.3 is 15.3 Å². The number of allylic oxidation sites excluding steroid dienone is 4. The number of carboxylic acids is 3. The molecule has 0 amide bonds. The number of rotatable bonds is 3. The first kappa shape index (κ1) is 27.2. The number of hydrogen-bond donors (Lipinski definition) is 3. The molecule has 0 aromatic rings. The van der Waals surface area contributed by atoms with Crippen LogP contribution in [0.2, 0.25) is 0 Å². The van der Waals surface area contributed by atoms with Gasteiger partial charge in [0.05, 0.1) is 0 Å². The van der Waals surface area contributed by atoms with E-state index < -0.39 is 17.9 Å². The quantitative estimate of drug-likeness (QED) is 0.415. The molecule has 21 heavy (non-hydrogen) atoms. The summed E-state index contributed by atoms with van der Waals surface area (Å²) in [5, 5.41) is 22.8. The second kappa shape index (κ2) is 23.0. The van der Waals surface area contributed by atoms with Gasteiger partial charge in [-0.25, -0.2) is 26.5 Å². The van der Waals surface area contributed by atoms with Gasteiger partial charge in [0.2, 0.25) is 0 Å². The molecule has 1 aliphatic carbocycles. The fourth-order valence-electron chi connectivity index (χ4n) is 0.340. The Morgan fingerprint density at radius 1 is 0.905 bits per heavy atom. The van der Waals surface area contributed by atoms with Gasteiger partial charge in [-0.05, 0) is 0 Å². The molecule has 0 bridgehead atoms. The Bertz CT molecular complexity index is 343. The minimum Gasteiger partial charge on any atom is -0.478 e. The third kappa shape index (κ3) is 57.3. The average molecular weight is 329 g/mol. The van der Waals surface area contributed by atoms with Gasteiger partial charge in [-0.2, -0.15) is 6.08 Å². The van der Waals surface area contributed by atoms with Crippen molar-refractivity contribution in [2.24, 2.45) is 0 Å². The standard InChI is InChI=1S/C5H5.3C3H4O2.Ti/c1-2-4-5-3-1;3*1-2-3(4)5;/h1-3H,4H2;3*2H,1H2,(H,4,5);/q-1;;;;. The molecule has 0 atom stereocenters. The largest absolute Gasteiger partial charge is 0.478 e. The van der Waals surface area contributed by atoms with E-state index >= 15 is 0 Å². The fourth-order valence-corrected chi connectivity index (χ4v) is 0.340. The number of aliphatic carboxylic acids is 3. The number of hydrogen-bond acceptors (Lipinski definition) is 3. The van der Waals surface area contributed by atoms with Crippen LogP contribution in [-0.2, 0) is 36.1 Å². The van der Waals surface area contributed by atoms with Gasteiger partial charge in [0.15, 0.2) is 0 Å². The van der Waals surface area contributed by atoms with E-state index in [0.717, 1.165) is 24.6 Å². The predicted octanol–water partition coefficient (Wildman–Crippen LogP) is 2.07. The minimum absolute atomic E-state index is 0. The molecule has 0 unspecified atom stereocenters. The molecule has 0 saturated carbocycles. The molecule has 0 aromatic carbocycles. The molecule has 0 aromatic heterocycles. The first-order valence-corrected chi connectivity index (χ1v) is 5.09. The van der Waals surface area contributed by atoms with Crippen molar-refractivity contribution >= 4 is 17.9 Å². The third-order valence-electron chi connectivity index (χ3n) is 1.11. The summed E-state index contributed by atoms with van der Waals surface area (Å²) in [4.78, 5) is 27.8. The van der Waals surface area contributed by atoms with Crippen LogP contribution in [-0.4, -0.2) is 33.2 Å². The molecule has 6 nitrogen and oxygen atoms in total. The molecule has 0 fully saturated rings. The zero-order valence-corrected chi connectivity index (χ0v) is 12.9. The van der Waals surface area contributed by atoms with Crippen molar-refractivity contribution in [3.05, 3.63) is 62.3 Å². The van der Waals surface area contributed by atoms with Gasteiger partial charge in [0.1, 0.15) is 0 Å². The van der Waals surface area contributed by atoms with Crippen LogP contribution in [0.3, 0.4) is 0 Å². The predicted molar refractivity (Wildman–Crippen MR) is 75.1 cm³/mol. The van der Waals surface area contributed by atoms with Crippen LogP contribution >= 0.6 is 0 Å². The van der Waals surface area contributed by atoms with E-state index in [2.05, 4.69) is 31.9 Å². The Kier molecular flexibility index (Phi) is 29.8. The molecule has 1 aliphatic rings. The summed E-state index contributed by atoms with van der Waals surface area (Å²) >= 11 is 0. The first-order chi connectivity index (χ1) is 9.31.